The van der Waals surface area contributed by atoms with Gasteiger partial charge in [-0.05, 0) is 105 Å². The Labute approximate surface area is 210 Å². The lowest BCUT2D eigenvalue weighted by Crippen LogP contribution is -2.23. The van der Waals surface area contributed by atoms with Crippen LogP contribution in [0.25, 0.3) is 16.7 Å². The first-order valence-electron chi connectivity index (χ1n) is 13.1. The van der Waals surface area contributed by atoms with Gasteiger partial charge < -0.3 is 4.74 Å². The van der Waals surface area contributed by atoms with Crippen molar-refractivity contribution in [1.29, 1.82) is 0 Å². The lowest BCUT2D eigenvalue weighted by molar-refractivity contribution is 0.190. The smallest absolute Gasteiger partial charge is 0.153 e. The Morgan fingerprint density at radius 2 is 1.71 bits per heavy atom. The van der Waals surface area contributed by atoms with Crippen LogP contribution in [0.4, 0.5) is 4.39 Å². The molecular weight excluding hydrogens is 443 g/mol. The molecule has 1 saturated carbocycles. The predicted molar refractivity (Wildman–Crippen MR) is 143 cm³/mol. The first-order chi connectivity index (χ1) is 16.6. The average molecular weight is 481 g/mol. The molecule has 2 aliphatic rings. The second kappa shape index (κ2) is 12.1. The molecule has 0 N–H and O–H groups in total. The van der Waals surface area contributed by atoms with Gasteiger partial charge in [-0.2, -0.15) is 0 Å². The van der Waals surface area contributed by atoms with E-state index in [2.05, 4.69) is 37.3 Å². The van der Waals surface area contributed by atoms with Crippen LogP contribution in [0, 0.1) is 23.6 Å². The van der Waals surface area contributed by atoms with Gasteiger partial charge in [-0.1, -0.05) is 66.9 Å². The highest BCUT2D eigenvalue weighted by molar-refractivity contribution is 6.32. The lowest BCUT2D eigenvalue weighted by atomic mass is 9.70. The van der Waals surface area contributed by atoms with Crippen LogP contribution in [0.15, 0.2) is 54.6 Å². The number of hydrogen-bond donors (Lipinski definition) is 0. The molecule has 0 aliphatic heterocycles. The van der Waals surface area contributed by atoms with Gasteiger partial charge in [0.25, 0.3) is 0 Å². The van der Waals surface area contributed by atoms with Gasteiger partial charge in [-0.15, -0.1) is 0 Å². The quantitative estimate of drug-likeness (QED) is 0.341. The molecule has 0 spiro atoms. The minimum Gasteiger partial charge on any atom is -0.492 e. The van der Waals surface area contributed by atoms with Gasteiger partial charge >= 0.3 is 0 Å². The molecule has 182 valence electrons. The molecule has 1 unspecified atom stereocenters. The zero-order valence-corrected chi connectivity index (χ0v) is 21.4. The third-order valence-electron chi connectivity index (χ3n) is 7.90. The minimum absolute atomic E-state index is 0.0521. The van der Waals surface area contributed by atoms with E-state index >= 15 is 0 Å². The second-order valence-corrected chi connectivity index (χ2v) is 10.3. The third-order valence-corrected chi connectivity index (χ3v) is 8.25. The summed E-state index contributed by atoms with van der Waals surface area (Å²) >= 11 is 6.18. The molecule has 0 bridgehead atoms. The normalized spacial score (nSPS) is 23.2. The molecule has 1 fully saturated rings. The molecule has 0 amide bonds. The molecule has 4 rings (SSSR count). The van der Waals surface area contributed by atoms with Crippen molar-refractivity contribution >= 4 is 17.2 Å². The third kappa shape index (κ3) is 5.95. The van der Waals surface area contributed by atoms with Crippen molar-refractivity contribution in [3.8, 4) is 16.9 Å². The minimum atomic E-state index is -0.420. The number of allylic oxidation sites excluding steroid dienone is 4. The van der Waals surface area contributed by atoms with Gasteiger partial charge in [0.2, 0.25) is 0 Å². The highest BCUT2D eigenvalue weighted by atomic mass is 35.5. The molecule has 1 nitrogen and oxygen atoms in total. The molecule has 2 aromatic rings. The van der Waals surface area contributed by atoms with Crippen LogP contribution in [-0.2, 0) is 0 Å². The summed E-state index contributed by atoms with van der Waals surface area (Å²) in [4.78, 5) is 0. The Hall–Kier alpha value is -2.06. The van der Waals surface area contributed by atoms with E-state index in [1.165, 1.54) is 62.5 Å². The molecule has 0 radical (unpaired) electrons. The largest absolute Gasteiger partial charge is 0.492 e. The summed E-state index contributed by atoms with van der Waals surface area (Å²) in [6, 6.07) is 11.8. The summed E-state index contributed by atoms with van der Waals surface area (Å²) in [6.07, 6.45) is 18.9. The van der Waals surface area contributed by atoms with E-state index in [4.69, 9.17) is 16.3 Å². The van der Waals surface area contributed by atoms with Crippen LogP contribution >= 0.6 is 11.6 Å². The number of ether oxygens (including phenoxy) is 1. The van der Waals surface area contributed by atoms with E-state index in [-0.39, 0.29) is 5.02 Å². The fraction of sp³-hybridized carbons (Fsp3) is 0.484. The summed E-state index contributed by atoms with van der Waals surface area (Å²) in [5.41, 5.74) is 4.05. The maximum atomic E-state index is 14.8. The van der Waals surface area contributed by atoms with E-state index in [0.29, 0.717) is 17.9 Å². The fourth-order valence-electron chi connectivity index (χ4n) is 5.88. The van der Waals surface area contributed by atoms with Crippen molar-refractivity contribution in [2.75, 3.05) is 6.61 Å². The lowest BCUT2D eigenvalue weighted by Gasteiger charge is -2.35. The Kier molecular flexibility index (Phi) is 8.89. The van der Waals surface area contributed by atoms with E-state index < -0.39 is 5.82 Å². The Balaban J connectivity index is 1.35. The summed E-state index contributed by atoms with van der Waals surface area (Å²) in [5.74, 6) is 2.67. The average Bonchev–Trinajstić information content (AvgIpc) is 2.88. The number of hydrogen-bond acceptors (Lipinski definition) is 1. The van der Waals surface area contributed by atoms with Gasteiger partial charge in [-0.25, -0.2) is 4.39 Å². The van der Waals surface area contributed by atoms with Crippen LogP contribution in [0.1, 0.15) is 77.2 Å². The molecule has 2 aromatic carbocycles. The van der Waals surface area contributed by atoms with Gasteiger partial charge in [-0.3, -0.25) is 0 Å². The van der Waals surface area contributed by atoms with Gasteiger partial charge in [0.15, 0.2) is 5.82 Å². The van der Waals surface area contributed by atoms with E-state index in [9.17, 15) is 4.39 Å². The highest BCUT2D eigenvalue weighted by Crippen LogP contribution is 2.42. The predicted octanol–water partition coefficient (Wildman–Crippen LogP) is 9.89. The molecule has 0 saturated heterocycles. The van der Waals surface area contributed by atoms with Crippen molar-refractivity contribution in [2.24, 2.45) is 17.8 Å². The van der Waals surface area contributed by atoms with Crippen LogP contribution < -0.4 is 4.74 Å². The van der Waals surface area contributed by atoms with Gasteiger partial charge in [0.05, 0.1) is 6.61 Å². The van der Waals surface area contributed by atoms with Crippen molar-refractivity contribution in [1.82, 2.24) is 0 Å². The van der Waals surface area contributed by atoms with E-state index in [0.717, 1.165) is 29.7 Å². The Morgan fingerprint density at radius 1 is 0.971 bits per heavy atom. The van der Waals surface area contributed by atoms with Gasteiger partial charge in [0.1, 0.15) is 10.8 Å². The second-order valence-electron chi connectivity index (χ2n) is 9.94. The zero-order valence-electron chi connectivity index (χ0n) is 20.7. The molecule has 0 aromatic heterocycles. The summed E-state index contributed by atoms with van der Waals surface area (Å²) in [6.45, 7) is 4.44. The first-order valence-corrected chi connectivity index (χ1v) is 13.5. The summed E-state index contributed by atoms with van der Waals surface area (Å²) in [5, 5.41) is 0.0521. The standard InChI is InChI=1S/C31H38ClFO/c1-3-5-6-7-22-8-10-23(11-9-22)24-12-14-25(15-13-24)26-16-18-27(19-17-26)28-20-21-29(34-4-2)30(32)31(28)33/h3,5,14,16-24H,4,6-13,15H2,1-2H3. The number of halogens is 2. The topological polar surface area (TPSA) is 9.23 Å². The van der Waals surface area contributed by atoms with Gasteiger partial charge in [0, 0.05) is 5.56 Å². The monoisotopic (exact) mass is 480 g/mol. The maximum Gasteiger partial charge on any atom is 0.153 e. The van der Waals surface area contributed by atoms with Crippen molar-refractivity contribution < 1.29 is 9.13 Å². The molecule has 1 atom stereocenters. The molecule has 3 heteroatoms. The Morgan fingerprint density at radius 3 is 2.35 bits per heavy atom. The Bertz CT molecular complexity index is 999. The summed E-state index contributed by atoms with van der Waals surface area (Å²) in [7, 11) is 0. The van der Waals surface area contributed by atoms with Crippen molar-refractivity contribution in [2.45, 2.75) is 71.6 Å². The molecule has 0 heterocycles. The van der Waals surface area contributed by atoms with Crippen molar-refractivity contribution in [3.05, 3.63) is 71.0 Å². The summed E-state index contributed by atoms with van der Waals surface area (Å²) < 4.78 is 20.2. The van der Waals surface area contributed by atoms with Crippen LogP contribution in [0.5, 0.6) is 5.75 Å². The van der Waals surface area contributed by atoms with Crippen LogP contribution in [0.3, 0.4) is 0 Å². The highest BCUT2D eigenvalue weighted by Gasteiger charge is 2.28. The number of rotatable bonds is 8. The maximum absolute atomic E-state index is 14.8. The van der Waals surface area contributed by atoms with Crippen LogP contribution in [-0.4, -0.2) is 6.61 Å². The van der Waals surface area contributed by atoms with E-state index in [1.807, 2.05) is 19.1 Å². The van der Waals surface area contributed by atoms with Crippen LogP contribution in [0.2, 0.25) is 5.02 Å². The fourth-order valence-corrected chi connectivity index (χ4v) is 6.10. The molecule has 34 heavy (non-hydrogen) atoms. The SMILES string of the molecule is CC=CCCC1CCC(C2CC=C(c3ccc(-c4ccc(OCC)c(Cl)c4F)cc3)CC2)CC1. The first kappa shape index (κ1) is 25.0. The molecule has 2 aliphatic carbocycles. The molecular formula is C31H38ClFO. The van der Waals surface area contributed by atoms with E-state index in [1.54, 1.807) is 12.1 Å². The number of benzene rings is 2. The zero-order chi connectivity index (χ0) is 23.9. The van der Waals surface area contributed by atoms with Crippen molar-refractivity contribution in [3.63, 3.8) is 0 Å².